The van der Waals surface area contributed by atoms with Gasteiger partial charge in [-0.2, -0.15) is 0 Å². The standard InChI is InChI=1S/C20H43N.BrH/c1-5-6-7-8-9-10-11-12-13-14-15-16-17-18-19(21)20(2,3)4;/h19H,5-18,21H2,1-4H3;1H. The summed E-state index contributed by atoms with van der Waals surface area (Å²) in [6, 6.07) is 0.366. The minimum Gasteiger partial charge on any atom is -0.327 e. The van der Waals surface area contributed by atoms with Crippen LogP contribution in [0.15, 0.2) is 0 Å². The van der Waals surface area contributed by atoms with Crippen LogP contribution in [0.1, 0.15) is 118 Å². The van der Waals surface area contributed by atoms with Crippen LogP contribution >= 0.6 is 17.0 Å². The Bertz CT molecular complexity index is 210. The maximum absolute atomic E-state index is 6.19. The average molecular weight is 378 g/mol. The zero-order chi connectivity index (χ0) is 16.0. The molecule has 22 heavy (non-hydrogen) atoms. The fourth-order valence-electron chi connectivity index (χ4n) is 2.82. The zero-order valence-electron chi connectivity index (χ0n) is 16.0. The molecule has 0 aliphatic rings. The first-order chi connectivity index (χ1) is 9.98. The minimum absolute atomic E-state index is 0. The largest absolute Gasteiger partial charge is 0.327 e. The highest BCUT2D eigenvalue weighted by atomic mass is 79.9. The smallest absolute Gasteiger partial charge is 0.00876 e. The fourth-order valence-corrected chi connectivity index (χ4v) is 2.82. The van der Waals surface area contributed by atoms with E-state index in [0.29, 0.717) is 6.04 Å². The maximum atomic E-state index is 6.19. The second kappa shape index (κ2) is 16.3. The molecule has 0 heterocycles. The molecule has 2 N–H and O–H groups in total. The molecule has 0 aliphatic heterocycles. The molecule has 0 aromatic rings. The van der Waals surface area contributed by atoms with E-state index in [1.54, 1.807) is 0 Å². The van der Waals surface area contributed by atoms with E-state index in [-0.39, 0.29) is 22.4 Å². The normalized spacial score (nSPS) is 13.0. The van der Waals surface area contributed by atoms with Crippen LogP contribution < -0.4 is 5.73 Å². The number of hydrogen-bond donors (Lipinski definition) is 1. The highest BCUT2D eigenvalue weighted by molar-refractivity contribution is 8.93. The van der Waals surface area contributed by atoms with Crippen LogP contribution in [-0.4, -0.2) is 6.04 Å². The molecule has 0 aromatic heterocycles. The Morgan fingerprint density at radius 2 is 0.955 bits per heavy atom. The molecule has 0 aliphatic carbocycles. The molecule has 0 saturated heterocycles. The molecule has 136 valence electrons. The van der Waals surface area contributed by atoms with E-state index >= 15 is 0 Å². The quantitative estimate of drug-likeness (QED) is 0.313. The van der Waals surface area contributed by atoms with Crippen molar-refractivity contribution in [1.82, 2.24) is 0 Å². The van der Waals surface area contributed by atoms with Crippen molar-refractivity contribution in [1.29, 1.82) is 0 Å². The summed E-state index contributed by atoms with van der Waals surface area (Å²) in [7, 11) is 0. The first kappa shape index (κ1) is 24.7. The van der Waals surface area contributed by atoms with Crippen LogP contribution in [0.3, 0.4) is 0 Å². The molecular weight excluding hydrogens is 334 g/mol. The predicted octanol–water partition coefficient (Wildman–Crippen LogP) is 7.42. The van der Waals surface area contributed by atoms with E-state index in [1.165, 1.54) is 89.9 Å². The van der Waals surface area contributed by atoms with E-state index in [0.717, 1.165) is 0 Å². The third-order valence-electron chi connectivity index (χ3n) is 4.73. The third kappa shape index (κ3) is 16.8. The summed E-state index contributed by atoms with van der Waals surface area (Å²) in [5.41, 5.74) is 6.46. The highest BCUT2D eigenvalue weighted by Gasteiger charge is 2.19. The molecular formula is C20H44BrN. The summed E-state index contributed by atoms with van der Waals surface area (Å²) in [5.74, 6) is 0. The number of hydrogen-bond acceptors (Lipinski definition) is 1. The van der Waals surface area contributed by atoms with Gasteiger partial charge in [0.05, 0.1) is 0 Å². The molecule has 2 heteroatoms. The number of nitrogens with two attached hydrogens (primary N) is 1. The van der Waals surface area contributed by atoms with Crippen molar-refractivity contribution in [3.8, 4) is 0 Å². The van der Waals surface area contributed by atoms with E-state index in [9.17, 15) is 0 Å². The van der Waals surface area contributed by atoms with Gasteiger partial charge in [-0.15, -0.1) is 17.0 Å². The second-order valence-electron chi connectivity index (χ2n) is 8.00. The summed E-state index contributed by atoms with van der Waals surface area (Å²) < 4.78 is 0. The van der Waals surface area contributed by atoms with Crippen molar-refractivity contribution in [2.24, 2.45) is 11.1 Å². The summed E-state index contributed by atoms with van der Waals surface area (Å²) in [5, 5.41) is 0. The summed E-state index contributed by atoms with van der Waals surface area (Å²) in [4.78, 5) is 0. The van der Waals surface area contributed by atoms with Crippen molar-refractivity contribution in [3.63, 3.8) is 0 Å². The highest BCUT2D eigenvalue weighted by Crippen LogP contribution is 2.22. The summed E-state index contributed by atoms with van der Waals surface area (Å²) in [6.07, 6.45) is 19.7. The molecule has 0 bridgehead atoms. The molecule has 0 amide bonds. The monoisotopic (exact) mass is 377 g/mol. The summed E-state index contributed by atoms with van der Waals surface area (Å²) in [6.45, 7) is 9.04. The van der Waals surface area contributed by atoms with E-state index in [1.807, 2.05) is 0 Å². The van der Waals surface area contributed by atoms with Gasteiger partial charge in [0.15, 0.2) is 0 Å². The van der Waals surface area contributed by atoms with Gasteiger partial charge in [-0.25, -0.2) is 0 Å². The molecule has 0 rings (SSSR count). The number of rotatable bonds is 14. The lowest BCUT2D eigenvalue weighted by molar-refractivity contribution is 0.298. The van der Waals surface area contributed by atoms with Gasteiger partial charge < -0.3 is 5.73 Å². The van der Waals surface area contributed by atoms with Gasteiger partial charge in [-0.3, -0.25) is 0 Å². The predicted molar refractivity (Wildman–Crippen MR) is 108 cm³/mol. The van der Waals surface area contributed by atoms with E-state index in [4.69, 9.17) is 5.73 Å². The Morgan fingerprint density at radius 1 is 0.636 bits per heavy atom. The van der Waals surface area contributed by atoms with E-state index in [2.05, 4.69) is 27.7 Å². The van der Waals surface area contributed by atoms with Crippen molar-refractivity contribution in [2.75, 3.05) is 0 Å². The first-order valence-corrected chi connectivity index (χ1v) is 9.74. The van der Waals surface area contributed by atoms with Crippen LogP contribution in [0.5, 0.6) is 0 Å². The number of unbranched alkanes of at least 4 members (excludes halogenated alkanes) is 12. The van der Waals surface area contributed by atoms with Crippen LogP contribution in [0.4, 0.5) is 0 Å². The lowest BCUT2D eigenvalue weighted by atomic mass is 9.84. The molecule has 0 saturated carbocycles. The van der Waals surface area contributed by atoms with Crippen LogP contribution in [0, 0.1) is 5.41 Å². The molecule has 0 spiro atoms. The van der Waals surface area contributed by atoms with Gasteiger partial charge in [0.1, 0.15) is 0 Å². The Labute approximate surface area is 152 Å². The van der Waals surface area contributed by atoms with Crippen LogP contribution in [0.2, 0.25) is 0 Å². The molecule has 1 unspecified atom stereocenters. The molecule has 0 radical (unpaired) electrons. The van der Waals surface area contributed by atoms with Crippen LogP contribution in [0.25, 0.3) is 0 Å². The minimum atomic E-state index is 0. The van der Waals surface area contributed by atoms with Crippen molar-refractivity contribution in [2.45, 2.75) is 124 Å². The molecule has 0 aromatic carbocycles. The van der Waals surface area contributed by atoms with Gasteiger partial charge in [-0.1, -0.05) is 111 Å². The Balaban J connectivity index is 0. The fraction of sp³-hybridized carbons (Fsp3) is 1.00. The van der Waals surface area contributed by atoms with Gasteiger partial charge in [-0.05, 0) is 11.8 Å². The van der Waals surface area contributed by atoms with Gasteiger partial charge >= 0.3 is 0 Å². The van der Waals surface area contributed by atoms with Gasteiger partial charge in [0.2, 0.25) is 0 Å². The Morgan fingerprint density at radius 3 is 1.27 bits per heavy atom. The van der Waals surface area contributed by atoms with Crippen LogP contribution in [-0.2, 0) is 0 Å². The first-order valence-electron chi connectivity index (χ1n) is 9.74. The average Bonchev–Trinajstić information content (AvgIpc) is 2.42. The van der Waals surface area contributed by atoms with Crippen molar-refractivity contribution < 1.29 is 0 Å². The Hall–Kier alpha value is 0.440. The lowest BCUT2D eigenvalue weighted by Crippen LogP contribution is -2.34. The van der Waals surface area contributed by atoms with Gasteiger partial charge in [0, 0.05) is 6.04 Å². The third-order valence-corrected chi connectivity index (χ3v) is 4.73. The molecule has 1 atom stereocenters. The SMILES string of the molecule is Br.CCCCCCCCCCCCCCCC(N)C(C)(C)C. The van der Waals surface area contributed by atoms with E-state index < -0.39 is 0 Å². The second-order valence-corrected chi connectivity index (χ2v) is 8.00. The van der Waals surface area contributed by atoms with Gasteiger partial charge in [0.25, 0.3) is 0 Å². The Kier molecular flexibility index (Phi) is 18.3. The molecule has 1 nitrogen and oxygen atoms in total. The maximum Gasteiger partial charge on any atom is 0.00876 e. The summed E-state index contributed by atoms with van der Waals surface area (Å²) >= 11 is 0. The van der Waals surface area contributed by atoms with Crippen molar-refractivity contribution in [3.05, 3.63) is 0 Å². The molecule has 0 fully saturated rings. The topological polar surface area (TPSA) is 26.0 Å². The lowest BCUT2D eigenvalue weighted by Gasteiger charge is -2.26. The number of halogens is 1. The van der Waals surface area contributed by atoms with Crippen molar-refractivity contribution >= 4 is 17.0 Å². The zero-order valence-corrected chi connectivity index (χ0v) is 17.7.